The average Bonchev–Trinajstić information content (AvgIpc) is 3.44. The van der Waals surface area contributed by atoms with E-state index in [1.807, 2.05) is 67.7 Å². The van der Waals surface area contributed by atoms with E-state index in [2.05, 4.69) is 27.0 Å². The number of hydrogen-bond donors (Lipinski definition) is 1. The number of hydrogen-bond acceptors (Lipinski definition) is 5. The molecular formula is C24H28N4O2S. The zero-order chi connectivity index (χ0) is 21.6. The molecule has 162 valence electrons. The zero-order valence-electron chi connectivity index (χ0n) is 18.0. The fourth-order valence-corrected chi connectivity index (χ4v) is 4.44. The molecular weight excluding hydrogens is 408 g/mol. The summed E-state index contributed by atoms with van der Waals surface area (Å²) in [6, 6.07) is 18.1. The topological polar surface area (TPSA) is 59.4 Å². The largest absolute Gasteiger partial charge is 0.378 e. The van der Waals surface area contributed by atoms with Crippen molar-refractivity contribution in [3.63, 3.8) is 0 Å². The number of nitrogens with zero attached hydrogens (tertiary/aromatic N) is 3. The van der Waals surface area contributed by atoms with Gasteiger partial charge in [0.05, 0.1) is 30.3 Å². The smallest absolute Gasteiger partial charge is 0.234 e. The first-order chi connectivity index (χ1) is 15.1. The third-order valence-electron chi connectivity index (χ3n) is 5.30. The third-order valence-corrected chi connectivity index (χ3v) is 6.29. The van der Waals surface area contributed by atoms with Crippen LogP contribution in [0.4, 0.5) is 11.4 Å². The Morgan fingerprint density at radius 3 is 2.65 bits per heavy atom. The Morgan fingerprint density at radius 1 is 1.19 bits per heavy atom. The fraction of sp³-hybridized carbons (Fsp3) is 0.333. The first-order valence-corrected chi connectivity index (χ1v) is 11.5. The van der Waals surface area contributed by atoms with Crippen LogP contribution in [0.5, 0.6) is 0 Å². The summed E-state index contributed by atoms with van der Waals surface area (Å²) in [5.74, 6) is 0.252. The van der Waals surface area contributed by atoms with E-state index in [1.54, 1.807) is 0 Å². The summed E-state index contributed by atoms with van der Waals surface area (Å²) in [5.41, 5.74) is 4.06. The van der Waals surface area contributed by atoms with Gasteiger partial charge in [-0.2, -0.15) is 0 Å². The number of anilines is 2. The highest BCUT2D eigenvalue weighted by molar-refractivity contribution is 7.99. The summed E-state index contributed by atoms with van der Waals surface area (Å²) in [6.45, 7) is 1.57. The number of ether oxygens (including phenoxy) is 1. The number of aromatic nitrogens is 2. The Morgan fingerprint density at radius 2 is 1.97 bits per heavy atom. The Balaban J connectivity index is 1.44. The first kappa shape index (κ1) is 21.5. The molecule has 0 bridgehead atoms. The van der Waals surface area contributed by atoms with Crippen molar-refractivity contribution in [3.8, 4) is 11.3 Å². The van der Waals surface area contributed by atoms with Crippen LogP contribution in [0.1, 0.15) is 12.8 Å². The van der Waals surface area contributed by atoms with Crippen LogP contribution < -0.4 is 10.2 Å². The quantitative estimate of drug-likeness (QED) is 0.526. The van der Waals surface area contributed by atoms with Gasteiger partial charge < -0.3 is 19.5 Å². The lowest BCUT2D eigenvalue weighted by atomic mass is 10.1. The number of thioether (sulfide) groups is 1. The van der Waals surface area contributed by atoms with Gasteiger partial charge in [-0.15, -0.1) is 0 Å². The lowest BCUT2D eigenvalue weighted by Crippen LogP contribution is -2.18. The van der Waals surface area contributed by atoms with Crippen molar-refractivity contribution in [2.75, 3.05) is 36.7 Å². The van der Waals surface area contributed by atoms with Crippen molar-refractivity contribution >= 4 is 29.0 Å². The molecule has 1 aliphatic heterocycles. The minimum absolute atomic E-state index is 0.0458. The summed E-state index contributed by atoms with van der Waals surface area (Å²) in [4.78, 5) is 19.2. The van der Waals surface area contributed by atoms with E-state index in [0.717, 1.165) is 53.8 Å². The number of benzene rings is 2. The Kier molecular flexibility index (Phi) is 6.94. The fourth-order valence-electron chi connectivity index (χ4n) is 3.65. The molecule has 6 nitrogen and oxygen atoms in total. The van der Waals surface area contributed by atoms with Crippen LogP contribution in [0.2, 0.25) is 0 Å². The molecule has 2 heterocycles. The highest BCUT2D eigenvalue weighted by Gasteiger charge is 2.21. The van der Waals surface area contributed by atoms with Gasteiger partial charge in [0.2, 0.25) is 5.91 Å². The molecule has 3 aromatic rings. The number of carbonyl (C=O) groups excluding carboxylic acids is 1. The lowest BCUT2D eigenvalue weighted by Gasteiger charge is -2.16. The molecule has 1 aromatic heterocycles. The summed E-state index contributed by atoms with van der Waals surface area (Å²) >= 11 is 1.46. The van der Waals surface area contributed by atoms with E-state index in [9.17, 15) is 4.79 Å². The van der Waals surface area contributed by atoms with Crippen molar-refractivity contribution in [1.82, 2.24) is 9.55 Å². The molecule has 2 aromatic carbocycles. The molecule has 0 saturated carbocycles. The van der Waals surface area contributed by atoms with Crippen molar-refractivity contribution in [1.29, 1.82) is 0 Å². The van der Waals surface area contributed by atoms with Gasteiger partial charge in [-0.05, 0) is 42.7 Å². The number of imidazole rings is 1. The standard InChI is InChI=1S/C24H28N4O2S/c1-27(2)20-12-10-19(11-13-20)26-23(29)17-31-24-25-15-22(18-7-4-3-5-8-18)28(24)16-21-9-6-14-30-21/h3-5,7-8,10-13,15,21H,6,9,14,16-17H2,1-2H3,(H,26,29). The van der Waals surface area contributed by atoms with E-state index >= 15 is 0 Å². The first-order valence-electron chi connectivity index (χ1n) is 10.5. The molecule has 1 saturated heterocycles. The molecule has 1 unspecified atom stereocenters. The molecule has 1 amide bonds. The number of nitrogens with one attached hydrogen (secondary N) is 1. The van der Waals surface area contributed by atoms with Crippen molar-refractivity contribution < 1.29 is 9.53 Å². The molecule has 4 rings (SSSR count). The van der Waals surface area contributed by atoms with Gasteiger partial charge in [-0.25, -0.2) is 4.98 Å². The van der Waals surface area contributed by atoms with Crippen LogP contribution in [0, 0.1) is 0 Å². The van der Waals surface area contributed by atoms with Gasteiger partial charge in [0.25, 0.3) is 0 Å². The second kappa shape index (κ2) is 10.0. The van der Waals surface area contributed by atoms with Crippen LogP contribution in [-0.4, -0.2) is 48.0 Å². The second-order valence-corrected chi connectivity index (χ2v) is 8.76. The lowest BCUT2D eigenvalue weighted by molar-refractivity contribution is -0.113. The second-order valence-electron chi connectivity index (χ2n) is 7.82. The summed E-state index contributed by atoms with van der Waals surface area (Å²) in [5, 5.41) is 3.81. The highest BCUT2D eigenvalue weighted by atomic mass is 32.2. The molecule has 7 heteroatoms. The van der Waals surface area contributed by atoms with E-state index < -0.39 is 0 Å². The van der Waals surface area contributed by atoms with Gasteiger partial charge in [0, 0.05) is 32.1 Å². The Bertz CT molecular complexity index is 996. The minimum Gasteiger partial charge on any atom is -0.378 e. The SMILES string of the molecule is CN(C)c1ccc(NC(=O)CSc2ncc(-c3ccccc3)n2CC2CCCO2)cc1. The molecule has 1 atom stereocenters. The molecule has 1 aliphatic rings. The van der Waals surface area contributed by atoms with Crippen LogP contribution in [0.3, 0.4) is 0 Å². The van der Waals surface area contributed by atoms with E-state index in [0.29, 0.717) is 5.75 Å². The van der Waals surface area contributed by atoms with Gasteiger partial charge in [0.15, 0.2) is 5.16 Å². The van der Waals surface area contributed by atoms with Crippen LogP contribution >= 0.6 is 11.8 Å². The summed E-state index contributed by atoms with van der Waals surface area (Å²) in [6.07, 6.45) is 4.24. The molecule has 31 heavy (non-hydrogen) atoms. The number of carbonyl (C=O) groups is 1. The molecule has 0 aliphatic carbocycles. The molecule has 1 fully saturated rings. The molecule has 1 N–H and O–H groups in total. The van der Waals surface area contributed by atoms with Crippen molar-refractivity contribution in [3.05, 3.63) is 60.8 Å². The number of amides is 1. The van der Waals surface area contributed by atoms with Gasteiger partial charge >= 0.3 is 0 Å². The van der Waals surface area contributed by atoms with E-state index in [1.165, 1.54) is 11.8 Å². The maximum absolute atomic E-state index is 12.5. The monoisotopic (exact) mass is 436 g/mol. The van der Waals surface area contributed by atoms with Crippen molar-refractivity contribution in [2.24, 2.45) is 0 Å². The van der Waals surface area contributed by atoms with Crippen LogP contribution in [0.25, 0.3) is 11.3 Å². The molecule has 0 radical (unpaired) electrons. The van der Waals surface area contributed by atoms with Crippen molar-refractivity contribution in [2.45, 2.75) is 30.6 Å². The van der Waals surface area contributed by atoms with Gasteiger partial charge in [-0.3, -0.25) is 4.79 Å². The predicted molar refractivity (Wildman–Crippen MR) is 127 cm³/mol. The maximum atomic E-state index is 12.5. The predicted octanol–water partition coefficient (Wildman–Crippen LogP) is 4.53. The highest BCUT2D eigenvalue weighted by Crippen LogP contribution is 2.28. The minimum atomic E-state index is -0.0458. The Labute approximate surface area is 187 Å². The molecule has 0 spiro atoms. The van der Waals surface area contributed by atoms with Crippen LogP contribution in [0.15, 0.2) is 66.0 Å². The average molecular weight is 437 g/mol. The normalized spacial score (nSPS) is 15.7. The third kappa shape index (κ3) is 5.48. The van der Waals surface area contributed by atoms with E-state index in [-0.39, 0.29) is 12.0 Å². The van der Waals surface area contributed by atoms with Gasteiger partial charge in [-0.1, -0.05) is 42.1 Å². The van der Waals surface area contributed by atoms with Gasteiger partial charge in [0.1, 0.15) is 0 Å². The van der Waals surface area contributed by atoms with Crippen LogP contribution in [-0.2, 0) is 16.1 Å². The zero-order valence-corrected chi connectivity index (χ0v) is 18.8. The number of rotatable bonds is 8. The van der Waals surface area contributed by atoms with E-state index in [4.69, 9.17) is 4.74 Å². The summed E-state index contributed by atoms with van der Waals surface area (Å²) < 4.78 is 8.05. The summed E-state index contributed by atoms with van der Waals surface area (Å²) in [7, 11) is 3.99. The maximum Gasteiger partial charge on any atom is 0.234 e. The Hall–Kier alpha value is -2.77.